The number of aliphatic hydroxyl groups is 1. The molecule has 1 N–H and O–H groups in total. The summed E-state index contributed by atoms with van der Waals surface area (Å²) >= 11 is 0. The van der Waals surface area contributed by atoms with Gasteiger partial charge in [0.2, 0.25) is 0 Å². The highest BCUT2D eigenvalue weighted by molar-refractivity contribution is 5.14. The molecular formula is C24H30O7. The van der Waals surface area contributed by atoms with Gasteiger partial charge in [0.05, 0.1) is 26.4 Å². The first-order valence-corrected chi connectivity index (χ1v) is 10.5. The lowest BCUT2D eigenvalue weighted by Gasteiger charge is -2.27. The van der Waals surface area contributed by atoms with Crippen LogP contribution in [0.25, 0.3) is 0 Å². The third-order valence-corrected chi connectivity index (χ3v) is 5.62. The highest BCUT2D eigenvalue weighted by Gasteiger charge is 2.53. The maximum atomic E-state index is 9.59. The second-order valence-electron chi connectivity index (χ2n) is 7.99. The number of benzene rings is 2. The van der Waals surface area contributed by atoms with Crippen molar-refractivity contribution < 1.29 is 33.5 Å². The Morgan fingerprint density at radius 3 is 2.03 bits per heavy atom. The largest absolute Gasteiger partial charge is 0.391 e. The standard InChI is InChI=1S/C24H30O7/c1-24(16-25)29-15-19(31-24)20-21(27-13-17-9-5-3-6-10-17)22(23(26-2)30-20)28-14-18-11-7-4-8-12-18/h3-12,19-23,25H,13-16H2,1-2H3/t19-,20+,21+,22-,23-,24+/m1/s1. The number of methoxy groups -OCH3 is 1. The molecular weight excluding hydrogens is 400 g/mol. The van der Waals surface area contributed by atoms with Gasteiger partial charge in [0, 0.05) is 7.11 Å². The van der Waals surface area contributed by atoms with Gasteiger partial charge >= 0.3 is 0 Å². The molecule has 2 aromatic rings. The molecule has 0 saturated carbocycles. The van der Waals surface area contributed by atoms with Crippen LogP contribution in [0.5, 0.6) is 0 Å². The summed E-state index contributed by atoms with van der Waals surface area (Å²) in [5.74, 6) is -1.05. The summed E-state index contributed by atoms with van der Waals surface area (Å²) in [5.41, 5.74) is 2.10. The van der Waals surface area contributed by atoms with Crippen LogP contribution in [0.2, 0.25) is 0 Å². The average molecular weight is 430 g/mol. The normalized spacial score (nSPS) is 33.1. The molecule has 0 bridgehead atoms. The molecule has 0 unspecified atom stereocenters. The van der Waals surface area contributed by atoms with Gasteiger partial charge in [-0.3, -0.25) is 0 Å². The molecule has 6 atom stereocenters. The van der Waals surface area contributed by atoms with Gasteiger partial charge in [0.25, 0.3) is 0 Å². The molecule has 7 nitrogen and oxygen atoms in total. The molecule has 2 fully saturated rings. The van der Waals surface area contributed by atoms with Gasteiger partial charge in [0.1, 0.15) is 24.4 Å². The van der Waals surface area contributed by atoms with Crippen molar-refractivity contribution in [1.29, 1.82) is 0 Å². The topological polar surface area (TPSA) is 75.6 Å². The molecule has 0 aromatic heterocycles. The minimum atomic E-state index is -1.05. The van der Waals surface area contributed by atoms with Gasteiger partial charge in [-0.05, 0) is 18.1 Å². The Morgan fingerprint density at radius 1 is 0.935 bits per heavy atom. The third kappa shape index (κ3) is 5.32. The fraction of sp³-hybridized carbons (Fsp3) is 0.500. The zero-order valence-electron chi connectivity index (χ0n) is 17.9. The van der Waals surface area contributed by atoms with Crippen molar-refractivity contribution >= 4 is 0 Å². The van der Waals surface area contributed by atoms with Gasteiger partial charge in [-0.1, -0.05) is 60.7 Å². The number of ether oxygens (including phenoxy) is 6. The van der Waals surface area contributed by atoms with Crippen molar-refractivity contribution in [3.05, 3.63) is 71.8 Å². The zero-order valence-corrected chi connectivity index (χ0v) is 17.9. The number of hydrogen-bond donors (Lipinski definition) is 1. The first kappa shape index (κ1) is 22.4. The van der Waals surface area contributed by atoms with Crippen LogP contribution < -0.4 is 0 Å². The number of rotatable bonds is 9. The van der Waals surface area contributed by atoms with Crippen LogP contribution >= 0.6 is 0 Å². The van der Waals surface area contributed by atoms with E-state index in [4.69, 9.17) is 28.4 Å². The first-order chi connectivity index (χ1) is 15.1. The quantitative estimate of drug-likeness (QED) is 0.656. The highest BCUT2D eigenvalue weighted by Crippen LogP contribution is 2.36. The lowest BCUT2D eigenvalue weighted by molar-refractivity contribution is -0.206. The van der Waals surface area contributed by atoms with E-state index in [1.807, 2.05) is 60.7 Å². The van der Waals surface area contributed by atoms with Gasteiger partial charge in [-0.25, -0.2) is 0 Å². The van der Waals surface area contributed by atoms with Crippen molar-refractivity contribution in [2.24, 2.45) is 0 Å². The van der Waals surface area contributed by atoms with E-state index in [2.05, 4.69) is 0 Å². The molecule has 168 valence electrons. The second kappa shape index (κ2) is 10.2. The van der Waals surface area contributed by atoms with Crippen LogP contribution in [0.1, 0.15) is 18.1 Å². The summed E-state index contributed by atoms with van der Waals surface area (Å²) < 4.78 is 36.0. The molecule has 2 aliphatic rings. The molecule has 2 aliphatic heterocycles. The summed E-state index contributed by atoms with van der Waals surface area (Å²) in [7, 11) is 1.59. The molecule has 2 heterocycles. The number of hydrogen-bond acceptors (Lipinski definition) is 7. The third-order valence-electron chi connectivity index (χ3n) is 5.62. The van der Waals surface area contributed by atoms with Gasteiger partial charge < -0.3 is 33.5 Å². The molecule has 0 spiro atoms. The second-order valence-corrected chi connectivity index (χ2v) is 7.99. The predicted octanol–water partition coefficient (Wildman–Crippen LogP) is 2.65. The fourth-order valence-electron chi connectivity index (χ4n) is 3.93. The fourth-order valence-corrected chi connectivity index (χ4v) is 3.93. The summed E-state index contributed by atoms with van der Waals surface area (Å²) in [4.78, 5) is 0. The summed E-state index contributed by atoms with van der Waals surface area (Å²) in [6.07, 6.45) is -2.39. The van der Waals surface area contributed by atoms with Crippen LogP contribution in [-0.2, 0) is 41.6 Å². The van der Waals surface area contributed by atoms with Gasteiger partial charge in [0.15, 0.2) is 12.1 Å². The smallest absolute Gasteiger partial charge is 0.189 e. The lowest BCUT2D eigenvalue weighted by Crippen LogP contribution is -2.44. The molecule has 2 aromatic carbocycles. The van der Waals surface area contributed by atoms with Crippen LogP contribution in [0.3, 0.4) is 0 Å². The van der Waals surface area contributed by atoms with E-state index in [1.165, 1.54) is 0 Å². The highest BCUT2D eigenvalue weighted by atomic mass is 16.8. The van der Waals surface area contributed by atoms with E-state index in [0.29, 0.717) is 13.2 Å². The van der Waals surface area contributed by atoms with Crippen molar-refractivity contribution in [2.45, 2.75) is 56.6 Å². The minimum Gasteiger partial charge on any atom is -0.391 e. The molecule has 4 rings (SSSR count). The summed E-state index contributed by atoms with van der Waals surface area (Å²) in [5, 5.41) is 9.59. The summed E-state index contributed by atoms with van der Waals surface area (Å²) in [6.45, 7) is 2.56. The molecule has 7 heteroatoms. The molecule has 2 saturated heterocycles. The van der Waals surface area contributed by atoms with Crippen LogP contribution in [-0.4, -0.2) is 61.9 Å². The van der Waals surface area contributed by atoms with Crippen LogP contribution in [0, 0.1) is 0 Å². The van der Waals surface area contributed by atoms with E-state index in [1.54, 1.807) is 14.0 Å². The van der Waals surface area contributed by atoms with E-state index in [9.17, 15) is 5.11 Å². The van der Waals surface area contributed by atoms with E-state index in [0.717, 1.165) is 11.1 Å². The maximum absolute atomic E-state index is 9.59. The van der Waals surface area contributed by atoms with Gasteiger partial charge in [-0.2, -0.15) is 0 Å². The molecule has 0 aliphatic carbocycles. The number of aliphatic hydroxyl groups excluding tert-OH is 1. The van der Waals surface area contributed by atoms with E-state index >= 15 is 0 Å². The Labute approximate surface area is 182 Å². The Balaban J connectivity index is 1.51. The molecule has 0 amide bonds. The van der Waals surface area contributed by atoms with Crippen molar-refractivity contribution in [3.63, 3.8) is 0 Å². The monoisotopic (exact) mass is 430 g/mol. The molecule has 31 heavy (non-hydrogen) atoms. The minimum absolute atomic E-state index is 0.243. The van der Waals surface area contributed by atoms with Crippen molar-refractivity contribution in [3.8, 4) is 0 Å². The SMILES string of the molecule is CO[C@@H]1O[C@@H]([C@H]2CO[C@](C)(CO)O2)[C@H](OCc2ccccc2)[C@H]1OCc1ccccc1. The van der Waals surface area contributed by atoms with E-state index in [-0.39, 0.29) is 13.2 Å². The van der Waals surface area contributed by atoms with E-state index < -0.39 is 36.5 Å². The Kier molecular flexibility index (Phi) is 7.35. The Morgan fingerprint density at radius 2 is 1.52 bits per heavy atom. The zero-order chi connectivity index (χ0) is 21.7. The maximum Gasteiger partial charge on any atom is 0.189 e. The average Bonchev–Trinajstić information content (AvgIpc) is 3.38. The Hall–Kier alpha value is -1.84. The lowest BCUT2D eigenvalue weighted by atomic mass is 10.1. The summed E-state index contributed by atoms with van der Waals surface area (Å²) in [6, 6.07) is 19.9. The van der Waals surface area contributed by atoms with Crippen LogP contribution in [0.15, 0.2) is 60.7 Å². The van der Waals surface area contributed by atoms with Gasteiger partial charge in [-0.15, -0.1) is 0 Å². The Bertz CT molecular complexity index is 802. The first-order valence-electron chi connectivity index (χ1n) is 10.5. The predicted molar refractivity (Wildman–Crippen MR) is 112 cm³/mol. The van der Waals surface area contributed by atoms with Crippen molar-refractivity contribution in [2.75, 3.05) is 20.3 Å². The molecule has 0 radical (unpaired) electrons. The van der Waals surface area contributed by atoms with Crippen molar-refractivity contribution in [1.82, 2.24) is 0 Å². The van der Waals surface area contributed by atoms with Crippen LogP contribution in [0.4, 0.5) is 0 Å².